The van der Waals surface area contributed by atoms with Crippen LogP contribution in [0, 0.1) is 11.7 Å². The summed E-state index contributed by atoms with van der Waals surface area (Å²) in [5, 5.41) is 0. The fraction of sp³-hybridized carbons (Fsp3) is 0.500. The van der Waals surface area contributed by atoms with E-state index in [1.165, 1.54) is 6.07 Å². The van der Waals surface area contributed by atoms with Gasteiger partial charge in [-0.2, -0.15) is 0 Å². The van der Waals surface area contributed by atoms with Crippen LogP contribution in [0.4, 0.5) is 4.39 Å². The van der Waals surface area contributed by atoms with Gasteiger partial charge in [-0.1, -0.05) is 42.6 Å². The Kier molecular flexibility index (Phi) is 4.74. The lowest BCUT2D eigenvalue weighted by atomic mass is 9.89. The molecule has 84 valence electrons. The molecule has 2 N–H and O–H groups in total. The molecule has 0 aliphatic heterocycles. The molecule has 0 radical (unpaired) electrons. The second-order valence-electron chi connectivity index (χ2n) is 3.77. The summed E-state index contributed by atoms with van der Waals surface area (Å²) < 4.78 is 14.4. The molecule has 1 unspecified atom stereocenters. The number of hydrogen-bond donors (Lipinski definition) is 1. The van der Waals surface area contributed by atoms with Crippen LogP contribution in [-0.4, -0.2) is 0 Å². The molecule has 0 fully saturated rings. The summed E-state index contributed by atoms with van der Waals surface area (Å²) in [6.45, 7) is 4.17. The molecule has 1 rings (SSSR count). The van der Waals surface area contributed by atoms with Crippen molar-refractivity contribution in [3.63, 3.8) is 0 Å². The van der Waals surface area contributed by atoms with E-state index in [1.54, 1.807) is 12.1 Å². The zero-order valence-electron chi connectivity index (χ0n) is 9.13. The van der Waals surface area contributed by atoms with Crippen molar-refractivity contribution in [2.75, 3.05) is 0 Å². The van der Waals surface area contributed by atoms with Crippen LogP contribution in [0.3, 0.4) is 0 Å². The van der Waals surface area contributed by atoms with Crippen LogP contribution in [0.2, 0.25) is 0 Å². The normalized spacial score (nSPS) is 13.2. The van der Waals surface area contributed by atoms with Gasteiger partial charge in [0.05, 0.1) is 0 Å². The summed E-state index contributed by atoms with van der Waals surface area (Å²) in [5.74, 6) is 0.131. The molecule has 3 heteroatoms. The lowest BCUT2D eigenvalue weighted by Gasteiger charge is -2.22. The molecular weight excluding hydrogens is 257 g/mol. The van der Waals surface area contributed by atoms with Gasteiger partial charge < -0.3 is 5.73 Å². The Morgan fingerprint density at radius 2 is 1.93 bits per heavy atom. The van der Waals surface area contributed by atoms with Crippen molar-refractivity contribution in [3.05, 3.63) is 34.1 Å². The fourth-order valence-corrected chi connectivity index (χ4v) is 2.20. The van der Waals surface area contributed by atoms with E-state index in [9.17, 15) is 4.39 Å². The van der Waals surface area contributed by atoms with Gasteiger partial charge in [-0.25, -0.2) is 4.39 Å². The van der Waals surface area contributed by atoms with Crippen molar-refractivity contribution < 1.29 is 4.39 Å². The molecule has 0 aromatic heterocycles. The Bertz CT molecular complexity index is 323. The van der Waals surface area contributed by atoms with Crippen molar-refractivity contribution in [2.24, 2.45) is 11.7 Å². The smallest absolute Gasteiger partial charge is 0.128 e. The zero-order valence-corrected chi connectivity index (χ0v) is 10.7. The minimum absolute atomic E-state index is 0.211. The summed E-state index contributed by atoms with van der Waals surface area (Å²) in [6, 6.07) is 4.72. The summed E-state index contributed by atoms with van der Waals surface area (Å²) in [6.07, 6.45) is 1.95. The number of nitrogens with two attached hydrogens (primary N) is 1. The van der Waals surface area contributed by atoms with E-state index < -0.39 is 0 Å². The molecule has 0 saturated carbocycles. The Labute approximate surface area is 99.0 Å². The summed E-state index contributed by atoms with van der Waals surface area (Å²) in [7, 11) is 0. The van der Waals surface area contributed by atoms with Gasteiger partial charge in [0.1, 0.15) is 5.82 Å². The molecule has 0 amide bonds. The SMILES string of the molecule is CCC(CC)C(N)c1cc(Br)ccc1F. The maximum Gasteiger partial charge on any atom is 0.128 e. The second kappa shape index (κ2) is 5.61. The molecule has 1 nitrogen and oxygen atoms in total. The Hall–Kier alpha value is -0.410. The summed E-state index contributed by atoms with van der Waals surface area (Å²) in [5.41, 5.74) is 6.68. The third-order valence-corrected chi connectivity index (χ3v) is 3.37. The standard InChI is InChI=1S/C12H17BrFN/c1-3-8(4-2)12(15)10-7-9(13)5-6-11(10)14/h5-8,12H,3-4,15H2,1-2H3. The molecule has 1 aromatic rings. The van der Waals surface area contributed by atoms with Gasteiger partial charge >= 0.3 is 0 Å². The Morgan fingerprint density at radius 3 is 2.47 bits per heavy atom. The molecule has 0 heterocycles. The topological polar surface area (TPSA) is 26.0 Å². The molecule has 1 aromatic carbocycles. The van der Waals surface area contributed by atoms with Gasteiger partial charge in [0.25, 0.3) is 0 Å². The van der Waals surface area contributed by atoms with Crippen LogP contribution >= 0.6 is 15.9 Å². The van der Waals surface area contributed by atoms with Crippen molar-refractivity contribution in [3.8, 4) is 0 Å². The minimum Gasteiger partial charge on any atom is -0.324 e. The monoisotopic (exact) mass is 273 g/mol. The van der Waals surface area contributed by atoms with Gasteiger partial charge in [0.15, 0.2) is 0 Å². The van der Waals surface area contributed by atoms with Gasteiger partial charge in [-0.3, -0.25) is 0 Å². The van der Waals surface area contributed by atoms with E-state index in [4.69, 9.17) is 5.73 Å². The van der Waals surface area contributed by atoms with E-state index in [1.807, 2.05) is 0 Å². The zero-order chi connectivity index (χ0) is 11.4. The number of halogens is 2. The van der Waals surface area contributed by atoms with Crippen molar-refractivity contribution >= 4 is 15.9 Å². The first-order valence-corrected chi connectivity index (χ1v) is 6.10. The lowest BCUT2D eigenvalue weighted by Crippen LogP contribution is -2.21. The van der Waals surface area contributed by atoms with Crippen LogP contribution in [0.15, 0.2) is 22.7 Å². The molecule has 0 aliphatic carbocycles. The summed E-state index contributed by atoms with van der Waals surface area (Å²) >= 11 is 3.34. The first-order valence-electron chi connectivity index (χ1n) is 5.30. The largest absolute Gasteiger partial charge is 0.324 e. The first-order chi connectivity index (χ1) is 7.10. The van der Waals surface area contributed by atoms with Crippen molar-refractivity contribution in [1.82, 2.24) is 0 Å². The highest BCUT2D eigenvalue weighted by Gasteiger charge is 2.19. The Morgan fingerprint density at radius 1 is 1.33 bits per heavy atom. The van der Waals surface area contributed by atoms with Crippen LogP contribution < -0.4 is 5.73 Å². The third kappa shape index (κ3) is 3.02. The van der Waals surface area contributed by atoms with Crippen LogP contribution in [0.5, 0.6) is 0 Å². The van der Waals surface area contributed by atoms with E-state index in [0.717, 1.165) is 17.3 Å². The van der Waals surface area contributed by atoms with Crippen LogP contribution in [0.25, 0.3) is 0 Å². The number of rotatable bonds is 4. The van der Waals surface area contributed by atoms with Gasteiger partial charge in [-0.15, -0.1) is 0 Å². The molecule has 0 bridgehead atoms. The average molecular weight is 274 g/mol. The lowest BCUT2D eigenvalue weighted by molar-refractivity contribution is 0.394. The number of hydrogen-bond acceptors (Lipinski definition) is 1. The maximum absolute atomic E-state index is 13.6. The third-order valence-electron chi connectivity index (χ3n) is 2.87. The van der Waals surface area contributed by atoms with Crippen molar-refractivity contribution in [2.45, 2.75) is 32.7 Å². The van der Waals surface area contributed by atoms with E-state index in [-0.39, 0.29) is 11.9 Å². The second-order valence-corrected chi connectivity index (χ2v) is 4.68. The highest BCUT2D eigenvalue weighted by atomic mass is 79.9. The predicted molar refractivity (Wildman–Crippen MR) is 65.1 cm³/mol. The van der Waals surface area contributed by atoms with E-state index >= 15 is 0 Å². The van der Waals surface area contributed by atoms with Gasteiger partial charge in [-0.05, 0) is 24.1 Å². The van der Waals surface area contributed by atoms with E-state index in [2.05, 4.69) is 29.8 Å². The maximum atomic E-state index is 13.6. The van der Waals surface area contributed by atoms with Crippen LogP contribution in [0.1, 0.15) is 38.3 Å². The molecular formula is C12H17BrFN. The molecule has 0 saturated heterocycles. The Balaban J connectivity index is 2.98. The first kappa shape index (κ1) is 12.7. The number of benzene rings is 1. The highest BCUT2D eigenvalue weighted by molar-refractivity contribution is 9.10. The van der Waals surface area contributed by atoms with Gasteiger partial charge in [0, 0.05) is 16.1 Å². The minimum atomic E-state index is -0.211. The van der Waals surface area contributed by atoms with Crippen molar-refractivity contribution in [1.29, 1.82) is 0 Å². The average Bonchev–Trinajstić information content (AvgIpc) is 2.23. The highest BCUT2D eigenvalue weighted by Crippen LogP contribution is 2.28. The molecule has 1 atom stereocenters. The van der Waals surface area contributed by atoms with Crippen LogP contribution in [-0.2, 0) is 0 Å². The fourth-order valence-electron chi connectivity index (χ4n) is 1.82. The quantitative estimate of drug-likeness (QED) is 0.881. The summed E-state index contributed by atoms with van der Waals surface area (Å²) in [4.78, 5) is 0. The van der Waals surface area contributed by atoms with E-state index in [0.29, 0.717) is 11.5 Å². The molecule has 15 heavy (non-hydrogen) atoms. The van der Waals surface area contributed by atoms with Gasteiger partial charge in [0.2, 0.25) is 0 Å². The molecule has 0 spiro atoms. The molecule has 0 aliphatic rings. The predicted octanol–water partition coefficient (Wildman–Crippen LogP) is 4.02.